The van der Waals surface area contributed by atoms with E-state index >= 15 is 0 Å². The van der Waals surface area contributed by atoms with Crippen LogP contribution in [0.3, 0.4) is 0 Å². The number of rotatable bonds is 9. The summed E-state index contributed by atoms with van der Waals surface area (Å²) < 4.78 is 6.59. The molecule has 0 saturated heterocycles. The molecule has 0 bridgehead atoms. The zero-order chi connectivity index (χ0) is 50.4. The Labute approximate surface area is 444 Å². The smallest absolute Gasteiger partial charge is 0.164 e. The molecule has 10 aromatic carbocycles. The number of para-hydroxylation sites is 6. The lowest BCUT2D eigenvalue weighted by atomic mass is 9.95. The SMILES string of the molecule is c1ccc(-c2cc(-c3cc(-c4cc(N5c6ccccc6Oc6ccccc65)cc(N5c6ccccc6Sc6ccccc65)c4)cc(-c4nc(-c5ccccc5)nc(-c5ccccc5)n4)c3)nc(-c3ccccc3)n2)cc1. The van der Waals surface area contributed by atoms with E-state index in [1.165, 1.54) is 9.79 Å². The molecule has 14 rings (SSSR count). The fourth-order valence-electron chi connectivity index (χ4n) is 10.1. The molecule has 0 atom stereocenters. The van der Waals surface area contributed by atoms with Crippen LogP contribution in [0.4, 0.5) is 34.1 Å². The lowest BCUT2D eigenvalue weighted by Gasteiger charge is -2.36. The summed E-state index contributed by atoms with van der Waals surface area (Å²) in [6, 6.07) is 90.0. The molecule has 2 aliphatic heterocycles. The minimum absolute atomic E-state index is 0.528. The van der Waals surface area contributed by atoms with Crippen LogP contribution in [0.2, 0.25) is 0 Å². The predicted octanol–water partition coefficient (Wildman–Crippen LogP) is 17.8. The van der Waals surface area contributed by atoms with Crippen molar-refractivity contribution in [2.45, 2.75) is 9.79 Å². The molecule has 0 N–H and O–H groups in total. The first-order valence-electron chi connectivity index (χ1n) is 25.1. The van der Waals surface area contributed by atoms with Gasteiger partial charge in [-0.05, 0) is 102 Å². The number of hydrogen-bond acceptors (Lipinski definition) is 9. The molecule has 76 heavy (non-hydrogen) atoms. The van der Waals surface area contributed by atoms with Crippen molar-refractivity contribution in [3.05, 3.63) is 261 Å². The van der Waals surface area contributed by atoms with Crippen LogP contribution in [-0.4, -0.2) is 24.9 Å². The molecule has 12 aromatic rings. The van der Waals surface area contributed by atoms with E-state index in [2.05, 4.69) is 149 Å². The van der Waals surface area contributed by atoms with Gasteiger partial charge in [0.1, 0.15) is 0 Å². The number of hydrogen-bond donors (Lipinski definition) is 0. The van der Waals surface area contributed by atoms with Gasteiger partial charge in [0.2, 0.25) is 0 Å². The van der Waals surface area contributed by atoms with E-state index in [0.29, 0.717) is 23.3 Å². The number of fused-ring (bicyclic) bond motifs is 4. The molecule has 358 valence electrons. The van der Waals surface area contributed by atoms with Crippen LogP contribution < -0.4 is 14.5 Å². The Morgan fingerprint density at radius 1 is 0.263 bits per heavy atom. The minimum Gasteiger partial charge on any atom is -0.453 e. The van der Waals surface area contributed by atoms with E-state index < -0.39 is 0 Å². The Hall–Kier alpha value is -9.96. The van der Waals surface area contributed by atoms with Crippen LogP contribution in [0, 0.1) is 0 Å². The molecular formula is C67H43N7OS. The van der Waals surface area contributed by atoms with Gasteiger partial charge in [-0.25, -0.2) is 24.9 Å². The zero-order valence-electron chi connectivity index (χ0n) is 40.8. The van der Waals surface area contributed by atoms with Crippen LogP contribution in [0.5, 0.6) is 11.5 Å². The summed E-state index contributed by atoms with van der Waals surface area (Å²) in [4.78, 5) is 33.3. The van der Waals surface area contributed by atoms with Crippen molar-refractivity contribution in [2.24, 2.45) is 0 Å². The highest BCUT2D eigenvalue weighted by atomic mass is 32.2. The average Bonchev–Trinajstić information content (AvgIpc) is 3.56. The number of ether oxygens (including phenoxy) is 1. The fourth-order valence-corrected chi connectivity index (χ4v) is 11.1. The van der Waals surface area contributed by atoms with Crippen LogP contribution in [-0.2, 0) is 0 Å². The molecule has 9 heteroatoms. The van der Waals surface area contributed by atoms with Crippen molar-refractivity contribution < 1.29 is 4.74 Å². The van der Waals surface area contributed by atoms with Gasteiger partial charge in [-0.15, -0.1) is 0 Å². The highest BCUT2D eigenvalue weighted by molar-refractivity contribution is 7.99. The number of anilines is 6. The Kier molecular flexibility index (Phi) is 11.3. The van der Waals surface area contributed by atoms with E-state index in [4.69, 9.17) is 29.7 Å². The largest absolute Gasteiger partial charge is 0.453 e. The molecule has 0 fully saturated rings. The van der Waals surface area contributed by atoms with E-state index in [-0.39, 0.29) is 0 Å². The Balaban J connectivity index is 1.06. The Morgan fingerprint density at radius 3 is 1.13 bits per heavy atom. The predicted molar refractivity (Wildman–Crippen MR) is 307 cm³/mol. The summed E-state index contributed by atoms with van der Waals surface area (Å²) in [6.07, 6.45) is 0. The molecule has 0 saturated carbocycles. The Bertz CT molecular complexity index is 3670. The average molecular weight is 994 g/mol. The van der Waals surface area contributed by atoms with Gasteiger partial charge >= 0.3 is 0 Å². The van der Waals surface area contributed by atoms with Crippen molar-refractivity contribution in [1.29, 1.82) is 0 Å². The van der Waals surface area contributed by atoms with E-state index in [0.717, 1.165) is 102 Å². The topological polar surface area (TPSA) is 80.2 Å². The first-order valence-corrected chi connectivity index (χ1v) is 26.0. The van der Waals surface area contributed by atoms with E-state index in [1.807, 2.05) is 121 Å². The van der Waals surface area contributed by atoms with Gasteiger partial charge in [-0.1, -0.05) is 182 Å². The van der Waals surface area contributed by atoms with Gasteiger partial charge in [0.25, 0.3) is 0 Å². The lowest BCUT2D eigenvalue weighted by Crippen LogP contribution is -2.18. The molecule has 0 amide bonds. The zero-order valence-corrected chi connectivity index (χ0v) is 41.6. The first kappa shape index (κ1) is 44.7. The summed E-state index contributed by atoms with van der Waals surface area (Å²) in [5, 5.41) is 0. The number of benzene rings is 10. The van der Waals surface area contributed by atoms with Gasteiger partial charge in [0.15, 0.2) is 34.8 Å². The van der Waals surface area contributed by atoms with E-state index in [1.54, 1.807) is 11.8 Å². The second-order valence-electron chi connectivity index (χ2n) is 18.5. The highest BCUT2D eigenvalue weighted by Gasteiger charge is 2.30. The van der Waals surface area contributed by atoms with Gasteiger partial charge < -0.3 is 14.5 Å². The van der Waals surface area contributed by atoms with Crippen LogP contribution in [0.1, 0.15) is 0 Å². The molecule has 0 radical (unpaired) electrons. The quantitative estimate of drug-likeness (QED) is 0.140. The molecule has 0 spiro atoms. The van der Waals surface area contributed by atoms with Crippen LogP contribution in [0.25, 0.3) is 79.2 Å². The van der Waals surface area contributed by atoms with Gasteiger partial charge in [0.05, 0.1) is 34.1 Å². The maximum absolute atomic E-state index is 6.59. The molecule has 0 aliphatic carbocycles. The lowest BCUT2D eigenvalue weighted by molar-refractivity contribution is 0.477. The monoisotopic (exact) mass is 993 g/mol. The van der Waals surface area contributed by atoms with E-state index in [9.17, 15) is 0 Å². The maximum Gasteiger partial charge on any atom is 0.164 e. The summed E-state index contributed by atoms with van der Waals surface area (Å²) in [6.45, 7) is 0. The molecule has 8 nitrogen and oxygen atoms in total. The van der Waals surface area contributed by atoms with Crippen LogP contribution >= 0.6 is 11.8 Å². The minimum atomic E-state index is 0.528. The maximum atomic E-state index is 6.59. The van der Waals surface area contributed by atoms with Crippen molar-refractivity contribution in [3.8, 4) is 90.7 Å². The third-order valence-corrected chi connectivity index (χ3v) is 14.8. The first-order chi connectivity index (χ1) is 37.6. The van der Waals surface area contributed by atoms with Crippen LogP contribution in [0.15, 0.2) is 271 Å². The molecule has 0 unspecified atom stereocenters. The number of aromatic nitrogens is 5. The van der Waals surface area contributed by atoms with Crippen molar-refractivity contribution in [1.82, 2.24) is 24.9 Å². The second-order valence-corrected chi connectivity index (χ2v) is 19.6. The molecule has 2 aliphatic rings. The third-order valence-electron chi connectivity index (χ3n) is 13.6. The molecule has 2 aromatic heterocycles. The standard InChI is InChI=1S/C67H43N7OS/c1-5-21-44(22-6-1)54-43-55(69-64(68-54)45-23-7-2-8-24-45)50-37-48(38-51(39-50)67-71-65(46-25-9-3-10-26-46)70-66(72-67)47-27-11-4-12-28-47)49-40-52(73-56-29-13-17-33-60(56)75-61-34-18-14-30-57(61)73)42-53(41-49)74-58-31-15-19-35-62(58)76-63-36-20-16-32-59(63)74/h1-43H. The molecule has 4 heterocycles. The van der Waals surface area contributed by atoms with Crippen molar-refractivity contribution >= 4 is 45.9 Å². The summed E-state index contributed by atoms with van der Waals surface area (Å²) in [5.74, 6) is 3.84. The molecular weight excluding hydrogens is 951 g/mol. The highest BCUT2D eigenvalue weighted by Crippen LogP contribution is 2.55. The Morgan fingerprint density at radius 2 is 0.618 bits per heavy atom. The number of nitrogens with zero attached hydrogens (tertiary/aromatic N) is 7. The summed E-state index contributed by atoms with van der Waals surface area (Å²) in [5.41, 5.74) is 14.8. The second kappa shape index (κ2) is 19.1. The third kappa shape index (κ3) is 8.40. The van der Waals surface area contributed by atoms with Crippen molar-refractivity contribution in [3.63, 3.8) is 0 Å². The van der Waals surface area contributed by atoms with Gasteiger partial charge in [0, 0.05) is 54.5 Å². The fraction of sp³-hybridized carbons (Fsp3) is 0. The summed E-state index contributed by atoms with van der Waals surface area (Å²) in [7, 11) is 0. The van der Waals surface area contributed by atoms with Crippen molar-refractivity contribution in [2.75, 3.05) is 9.80 Å². The van der Waals surface area contributed by atoms with Gasteiger partial charge in [-0.2, -0.15) is 0 Å². The normalized spacial score (nSPS) is 12.2. The summed E-state index contributed by atoms with van der Waals surface area (Å²) >= 11 is 1.79. The van der Waals surface area contributed by atoms with Gasteiger partial charge in [-0.3, -0.25) is 0 Å².